The number of pyridine rings is 1. The van der Waals surface area contributed by atoms with Crippen LogP contribution in [0.15, 0.2) is 48.8 Å². The number of rotatable bonds is 3. The highest BCUT2D eigenvalue weighted by atomic mass is 16.5. The molecule has 5 nitrogen and oxygen atoms in total. The number of carbonyl (C=O) groups excluding carboxylic acids is 1. The quantitative estimate of drug-likeness (QED) is 0.872. The van der Waals surface area contributed by atoms with Crippen molar-refractivity contribution >= 4 is 5.91 Å². The van der Waals surface area contributed by atoms with Crippen LogP contribution in [0, 0.1) is 0 Å². The summed E-state index contributed by atoms with van der Waals surface area (Å²) in [5.41, 5.74) is 1.84. The Kier molecular flexibility index (Phi) is 4.57. The molecule has 1 saturated heterocycles. The zero-order valence-corrected chi connectivity index (χ0v) is 13.5. The average molecular weight is 311 g/mol. The number of amides is 1. The third-order valence-electron chi connectivity index (χ3n) is 4.34. The largest absolute Gasteiger partial charge is 0.497 e. The molecule has 1 fully saturated rings. The predicted molar refractivity (Wildman–Crippen MR) is 88.5 cm³/mol. The SMILES string of the molecule is COc1ccc([C@@H]2CN(C(=O)c3cccnc3)CCN2C)cc1. The van der Waals surface area contributed by atoms with Crippen LogP contribution in [-0.4, -0.2) is 54.5 Å². The molecule has 2 aromatic rings. The lowest BCUT2D eigenvalue weighted by Crippen LogP contribution is -2.49. The highest BCUT2D eigenvalue weighted by molar-refractivity contribution is 5.94. The third-order valence-corrected chi connectivity index (χ3v) is 4.34. The maximum Gasteiger partial charge on any atom is 0.255 e. The number of benzene rings is 1. The number of nitrogens with zero attached hydrogens (tertiary/aromatic N) is 3. The van der Waals surface area contributed by atoms with E-state index in [1.807, 2.05) is 23.1 Å². The van der Waals surface area contributed by atoms with E-state index in [0.29, 0.717) is 12.1 Å². The van der Waals surface area contributed by atoms with Crippen LogP contribution >= 0.6 is 0 Å². The molecule has 1 aromatic carbocycles. The summed E-state index contributed by atoms with van der Waals surface area (Å²) in [5, 5.41) is 0. The predicted octanol–water partition coefficient (Wildman–Crippen LogP) is 2.22. The lowest BCUT2D eigenvalue weighted by Gasteiger charge is -2.39. The van der Waals surface area contributed by atoms with Crippen LogP contribution in [-0.2, 0) is 0 Å². The van der Waals surface area contributed by atoms with Crippen LogP contribution in [0.25, 0.3) is 0 Å². The second kappa shape index (κ2) is 6.79. The lowest BCUT2D eigenvalue weighted by atomic mass is 10.0. The van der Waals surface area contributed by atoms with Crippen molar-refractivity contribution in [2.75, 3.05) is 33.8 Å². The molecule has 1 amide bonds. The fourth-order valence-electron chi connectivity index (χ4n) is 2.92. The molecule has 0 spiro atoms. The molecule has 5 heteroatoms. The summed E-state index contributed by atoms with van der Waals surface area (Å²) in [6, 6.07) is 11.9. The topological polar surface area (TPSA) is 45.7 Å². The van der Waals surface area contributed by atoms with Crippen LogP contribution in [0.2, 0.25) is 0 Å². The van der Waals surface area contributed by atoms with Gasteiger partial charge in [0.25, 0.3) is 5.91 Å². The van der Waals surface area contributed by atoms with Crippen molar-refractivity contribution in [1.29, 1.82) is 0 Å². The van der Waals surface area contributed by atoms with E-state index < -0.39 is 0 Å². The summed E-state index contributed by atoms with van der Waals surface area (Å²) in [6.07, 6.45) is 3.31. The Labute approximate surface area is 136 Å². The van der Waals surface area contributed by atoms with Crippen molar-refractivity contribution < 1.29 is 9.53 Å². The van der Waals surface area contributed by atoms with Gasteiger partial charge in [-0.2, -0.15) is 0 Å². The maximum absolute atomic E-state index is 12.6. The van der Waals surface area contributed by atoms with Gasteiger partial charge in [-0.15, -0.1) is 0 Å². The molecule has 1 aliphatic heterocycles. The zero-order chi connectivity index (χ0) is 16.2. The maximum atomic E-state index is 12.6. The summed E-state index contributed by atoms with van der Waals surface area (Å²) in [5.74, 6) is 0.889. The number of likely N-dealkylation sites (N-methyl/N-ethyl adjacent to an activating group) is 1. The van der Waals surface area contributed by atoms with Crippen molar-refractivity contribution in [1.82, 2.24) is 14.8 Å². The number of hydrogen-bond acceptors (Lipinski definition) is 4. The van der Waals surface area contributed by atoms with E-state index in [9.17, 15) is 4.79 Å². The summed E-state index contributed by atoms with van der Waals surface area (Å²) in [7, 11) is 3.76. The fourth-order valence-corrected chi connectivity index (χ4v) is 2.92. The number of ether oxygens (including phenoxy) is 1. The second-order valence-corrected chi connectivity index (χ2v) is 5.76. The van der Waals surface area contributed by atoms with E-state index in [-0.39, 0.29) is 11.9 Å². The Hall–Kier alpha value is -2.40. The van der Waals surface area contributed by atoms with Gasteiger partial charge in [-0.1, -0.05) is 12.1 Å². The van der Waals surface area contributed by atoms with Gasteiger partial charge >= 0.3 is 0 Å². The zero-order valence-electron chi connectivity index (χ0n) is 13.5. The molecule has 0 bridgehead atoms. The number of methoxy groups -OCH3 is 1. The molecule has 0 unspecified atom stereocenters. The number of carbonyl (C=O) groups is 1. The van der Waals surface area contributed by atoms with E-state index in [0.717, 1.165) is 18.8 Å². The first kappa shape index (κ1) is 15.5. The van der Waals surface area contributed by atoms with E-state index in [1.165, 1.54) is 5.56 Å². The molecule has 0 saturated carbocycles. The average Bonchev–Trinajstić information content (AvgIpc) is 2.62. The molecule has 0 aliphatic carbocycles. The van der Waals surface area contributed by atoms with E-state index in [1.54, 1.807) is 25.6 Å². The molecular weight excluding hydrogens is 290 g/mol. The monoisotopic (exact) mass is 311 g/mol. The summed E-state index contributed by atoms with van der Waals surface area (Å²) >= 11 is 0. The summed E-state index contributed by atoms with van der Waals surface area (Å²) in [6.45, 7) is 2.26. The Morgan fingerprint density at radius 3 is 2.65 bits per heavy atom. The Balaban J connectivity index is 1.77. The molecule has 2 heterocycles. The van der Waals surface area contributed by atoms with Crippen molar-refractivity contribution in [3.05, 3.63) is 59.9 Å². The molecular formula is C18H21N3O2. The molecule has 120 valence electrons. The van der Waals surface area contributed by atoms with Crippen molar-refractivity contribution in [3.8, 4) is 5.75 Å². The highest BCUT2D eigenvalue weighted by Gasteiger charge is 2.29. The minimum atomic E-state index is 0.0460. The first-order chi connectivity index (χ1) is 11.2. The first-order valence-corrected chi connectivity index (χ1v) is 7.72. The third kappa shape index (κ3) is 3.35. The van der Waals surface area contributed by atoms with Gasteiger partial charge in [0.15, 0.2) is 0 Å². The van der Waals surface area contributed by atoms with Gasteiger partial charge in [-0.3, -0.25) is 14.7 Å². The van der Waals surface area contributed by atoms with Gasteiger partial charge in [-0.25, -0.2) is 0 Å². The smallest absolute Gasteiger partial charge is 0.255 e. The van der Waals surface area contributed by atoms with Gasteiger partial charge in [0, 0.05) is 32.0 Å². The van der Waals surface area contributed by atoms with Gasteiger partial charge in [0.2, 0.25) is 0 Å². The number of aromatic nitrogens is 1. The molecule has 0 radical (unpaired) electrons. The summed E-state index contributed by atoms with van der Waals surface area (Å²) < 4.78 is 5.22. The second-order valence-electron chi connectivity index (χ2n) is 5.76. The van der Waals surface area contributed by atoms with Gasteiger partial charge in [0.05, 0.1) is 18.7 Å². The van der Waals surface area contributed by atoms with Gasteiger partial charge < -0.3 is 9.64 Å². The first-order valence-electron chi connectivity index (χ1n) is 7.72. The minimum absolute atomic E-state index is 0.0460. The Morgan fingerprint density at radius 2 is 2.00 bits per heavy atom. The lowest BCUT2D eigenvalue weighted by molar-refractivity contribution is 0.0546. The normalized spacial score (nSPS) is 18.7. The Bertz CT molecular complexity index is 658. The highest BCUT2D eigenvalue weighted by Crippen LogP contribution is 2.26. The van der Waals surface area contributed by atoms with Crippen LogP contribution in [0.3, 0.4) is 0 Å². The van der Waals surface area contributed by atoms with Crippen LogP contribution < -0.4 is 4.74 Å². The molecule has 1 aliphatic rings. The number of piperazine rings is 1. The Morgan fingerprint density at radius 1 is 1.22 bits per heavy atom. The van der Waals surface area contributed by atoms with E-state index in [4.69, 9.17) is 4.74 Å². The van der Waals surface area contributed by atoms with Crippen LogP contribution in [0.1, 0.15) is 22.0 Å². The molecule has 3 rings (SSSR count). The van der Waals surface area contributed by atoms with E-state index >= 15 is 0 Å². The van der Waals surface area contributed by atoms with Crippen molar-refractivity contribution in [3.63, 3.8) is 0 Å². The standard InChI is InChI=1S/C18H21N3O2/c1-20-10-11-21(18(22)15-4-3-9-19-12-15)13-17(20)14-5-7-16(23-2)8-6-14/h3-9,12,17H,10-11,13H2,1-2H3/t17-/m0/s1. The van der Waals surface area contributed by atoms with Crippen molar-refractivity contribution in [2.45, 2.75) is 6.04 Å². The fraction of sp³-hybridized carbons (Fsp3) is 0.333. The van der Waals surface area contributed by atoms with E-state index in [2.05, 4.69) is 29.1 Å². The van der Waals surface area contributed by atoms with Crippen LogP contribution in [0.4, 0.5) is 0 Å². The van der Waals surface area contributed by atoms with Gasteiger partial charge in [0.1, 0.15) is 5.75 Å². The minimum Gasteiger partial charge on any atom is -0.497 e. The van der Waals surface area contributed by atoms with Gasteiger partial charge in [-0.05, 0) is 36.9 Å². The molecule has 0 N–H and O–H groups in total. The molecule has 1 aromatic heterocycles. The molecule has 23 heavy (non-hydrogen) atoms. The number of hydrogen-bond donors (Lipinski definition) is 0. The summed E-state index contributed by atoms with van der Waals surface area (Å²) in [4.78, 5) is 20.9. The molecule has 1 atom stereocenters. The van der Waals surface area contributed by atoms with Crippen LogP contribution in [0.5, 0.6) is 5.75 Å². The van der Waals surface area contributed by atoms with Crippen molar-refractivity contribution in [2.24, 2.45) is 0 Å².